The van der Waals surface area contributed by atoms with Gasteiger partial charge in [-0.2, -0.15) is 0 Å². The van der Waals surface area contributed by atoms with Crippen LogP contribution in [0.4, 0.5) is 0 Å². The molecule has 0 aliphatic heterocycles. The Morgan fingerprint density at radius 2 is 1.77 bits per heavy atom. The highest BCUT2D eigenvalue weighted by Crippen LogP contribution is 2.29. The number of nitrogens with zero attached hydrogens (tertiary/aromatic N) is 2. The number of para-hydroxylation sites is 1. The number of carbonyl (C=O) groups is 2. The molecule has 158 valence electrons. The molecule has 1 N–H and O–H groups in total. The van der Waals surface area contributed by atoms with Gasteiger partial charge in [0.25, 0.3) is 5.91 Å². The highest BCUT2D eigenvalue weighted by Gasteiger charge is 2.21. The Morgan fingerprint density at radius 1 is 1.10 bits per heavy atom. The predicted octanol–water partition coefficient (Wildman–Crippen LogP) is 4.93. The molecule has 0 fully saturated rings. The van der Waals surface area contributed by atoms with Gasteiger partial charge in [-0.1, -0.05) is 45.0 Å². The smallest absolute Gasteiger partial charge is 0.251 e. The molecule has 0 aliphatic rings. The molecule has 3 aromatic rings. The molecule has 0 saturated heterocycles. The summed E-state index contributed by atoms with van der Waals surface area (Å²) in [6.45, 7) is 8.69. The summed E-state index contributed by atoms with van der Waals surface area (Å²) in [5, 5.41) is 3.76. The highest BCUT2D eigenvalue weighted by molar-refractivity contribution is 7.18. The summed E-state index contributed by atoms with van der Waals surface area (Å²) in [6.07, 6.45) is 0.248. The Morgan fingerprint density at radius 3 is 2.40 bits per heavy atom. The third kappa shape index (κ3) is 5.05. The quantitative estimate of drug-likeness (QED) is 0.611. The fraction of sp³-hybridized carbons (Fsp3) is 0.375. The normalized spacial score (nSPS) is 12.6. The van der Waals surface area contributed by atoms with E-state index in [2.05, 4.69) is 31.1 Å². The molecule has 6 heteroatoms. The Balaban J connectivity index is 1.52. The van der Waals surface area contributed by atoms with Crippen LogP contribution >= 0.6 is 11.3 Å². The number of rotatable bonds is 6. The zero-order chi connectivity index (χ0) is 21.9. The second-order valence-electron chi connectivity index (χ2n) is 8.53. The molecule has 3 rings (SSSR count). The van der Waals surface area contributed by atoms with E-state index < -0.39 is 0 Å². The van der Waals surface area contributed by atoms with Crippen molar-refractivity contribution < 1.29 is 9.59 Å². The molecule has 1 aromatic heterocycles. The molecule has 5 nitrogen and oxygen atoms in total. The summed E-state index contributed by atoms with van der Waals surface area (Å²) < 4.78 is 1.12. The molecule has 0 radical (unpaired) electrons. The van der Waals surface area contributed by atoms with Crippen LogP contribution in [0.5, 0.6) is 0 Å². The maximum atomic E-state index is 12.6. The Kier molecular flexibility index (Phi) is 6.56. The molecule has 2 aromatic carbocycles. The first-order valence-corrected chi connectivity index (χ1v) is 11.0. The van der Waals surface area contributed by atoms with Crippen molar-refractivity contribution in [1.82, 2.24) is 15.2 Å². The van der Waals surface area contributed by atoms with Gasteiger partial charge in [0.1, 0.15) is 5.01 Å². The number of benzene rings is 2. The number of aromatic nitrogens is 1. The zero-order valence-electron chi connectivity index (χ0n) is 18.2. The summed E-state index contributed by atoms with van der Waals surface area (Å²) in [5.41, 5.74) is 2.78. The van der Waals surface area contributed by atoms with E-state index in [1.807, 2.05) is 55.5 Å². The SMILES string of the molecule is C[C@@H](c1nc2ccccc2s1)N(C)C(=O)CCNC(=O)c1ccc(C(C)(C)C)cc1. The number of hydrogen-bond donors (Lipinski definition) is 1. The van der Waals surface area contributed by atoms with E-state index in [-0.39, 0.29) is 29.7 Å². The van der Waals surface area contributed by atoms with Gasteiger partial charge in [-0.25, -0.2) is 4.98 Å². The predicted molar refractivity (Wildman–Crippen MR) is 123 cm³/mol. The summed E-state index contributed by atoms with van der Waals surface area (Å²) in [4.78, 5) is 31.3. The number of fused-ring (bicyclic) bond motifs is 1. The Bertz CT molecular complexity index is 1000. The second-order valence-corrected chi connectivity index (χ2v) is 9.60. The Hall–Kier alpha value is -2.73. The van der Waals surface area contributed by atoms with E-state index in [1.165, 1.54) is 5.56 Å². The molecule has 0 aliphatic carbocycles. The molecule has 1 heterocycles. The van der Waals surface area contributed by atoms with Crippen molar-refractivity contribution in [2.75, 3.05) is 13.6 Å². The van der Waals surface area contributed by atoms with E-state index in [4.69, 9.17) is 0 Å². The lowest BCUT2D eigenvalue weighted by Crippen LogP contribution is -2.33. The van der Waals surface area contributed by atoms with E-state index in [1.54, 1.807) is 23.3 Å². The third-order valence-corrected chi connectivity index (χ3v) is 6.49. The molecule has 1 atom stereocenters. The van der Waals surface area contributed by atoms with Crippen molar-refractivity contribution in [3.05, 3.63) is 64.7 Å². The van der Waals surface area contributed by atoms with E-state index in [9.17, 15) is 9.59 Å². The van der Waals surface area contributed by atoms with Crippen LogP contribution in [0.25, 0.3) is 10.2 Å². The van der Waals surface area contributed by atoms with Crippen molar-refractivity contribution in [1.29, 1.82) is 0 Å². The fourth-order valence-electron chi connectivity index (χ4n) is 3.13. The van der Waals surface area contributed by atoms with Gasteiger partial charge in [-0.15, -0.1) is 11.3 Å². The van der Waals surface area contributed by atoms with Crippen LogP contribution in [0.3, 0.4) is 0 Å². The van der Waals surface area contributed by atoms with Crippen molar-refractivity contribution in [3.8, 4) is 0 Å². The molecule has 0 spiro atoms. The lowest BCUT2D eigenvalue weighted by molar-refractivity contribution is -0.131. The van der Waals surface area contributed by atoms with Crippen LogP contribution in [-0.2, 0) is 10.2 Å². The molecule has 0 bridgehead atoms. The average Bonchev–Trinajstić information content (AvgIpc) is 3.16. The van der Waals surface area contributed by atoms with Crippen LogP contribution in [0.1, 0.15) is 61.1 Å². The van der Waals surface area contributed by atoms with Gasteiger partial charge in [-0.3, -0.25) is 9.59 Å². The molecule has 0 unspecified atom stereocenters. The molecule has 30 heavy (non-hydrogen) atoms. The van der Waals surface area contributed by atoms with Gasteiger partial charge >= 0.3 is 0 Å². The highest BCUT2D eigenvalue weighted by atomic mass is 32.1. The minimum absolute atomic E-state index is 0.0230. The number of thiazole rings is 1. The topological polar surface area (TPSA) is 62.3 Å². The average molecular weight is 424 g/mol. The van der Waals surface area contributed by atoms with Crippen LogP contribution in [-0.4, -0.2) is 35.3 Å². The third-order valence-electron chi connectivity index (χ3n) is 5.28. The first-order chi connectivity index (χ1) is 14.2. The van der Waals surface area contributed by atoms with E-state index >= 15 is 0 Å². The Labute approximate surface area is 182 Å². The lowest BCUT2D eigenvalue weighted by atomic mass is 9.87. The zero-order valence-corrected chi connectivity index (χ0v) is 19.0. The van der Waals surface area contributed by atoms with Crippen molar-refractivity contribution in [3.63, 3.8) is 0 Å². The summed E-state index contributed by atoms with van der Waals surface area (Å²) in [5.74, 6) is -0.185. The summed E-state index contributed by atoms with van der Waals surface area (Å²) >= 11 is 1.61. The van der Waals surface area contributed by atoms with Crippen LogP contribution < -0.4 is 5.32 Å². The molecular weight excluding hydrogens is 394 g/mol. The van der Waals surface area contributed by atoms with E-state index in [0.717, 1.165) is 15.2 Å². The molecular formula is C24H29N3O2S. The number of nitrogens with one attached hydrogen (secondary N) is 1. The van der Waals surface area contributed by atoms with E-state index in [0.29, 0.717) is 12.1 Å². The van der Waals surface area contributed by atoms with Gasteiger partial charge < -0.3 is 10.2 Å². The van der Waals surface area contributed by atoms with Gasteiger partial charge in [0.2, 0.25) is 5.91 Å². The monoisotopic (exact) mass is 423 g/mol. The summed E-state index contributed by atoms with van der Waals surface area (Å²) in [6, 6.07) is 15.5. The lowest BCUT2D eigenvalue weighted by Gasteiger charge is -2.23. The van der Waals surface area contributed by atoms with Crippen LogP contribution in [0, 0.1) is 0 Å². The van der Waals surface area contributed by atoms with Gasteiger partial charge in [0.05, 0.1) is 16.3 Å². The van der Waals surface area contributed by atoms with Crippen molar-refractivity contribution in [2.45, 2.75) is 45.6 Å². The van der Waals surface area contributed by atoms with Gasteiger partial charge in [0, 0.05) is 25.6 Å². The maximum Gasteiger partial charge on any atom is 0.251 e. The number of amides is 2. The summed E-state index contributed by atoms with van der Waals surface area (Å²) in [7, 11) is 1.78. The minimum Gasteiger partial charge on any atom is -0.352 e. The first-order valence-electron chi connectivity index (χ1n) is 10.2. The largest absolute Gasteiger partial charge is 0.352 e. The fourth-order valence-corrected chi connectivity index (χ4v) is 4.20. The maximum absolute atomic E-state index is 12.6. The molecule has 0 saturated carbocycles. The van der Waals surface area contributed by atoms with Crippen molar-refractivity contribution >= 4 is 33.4 Å². The minimum atomic E-state index is -0.162. The number of carbonyl (C=O) groups excluding carboxylic acids is 2. The van der Waals surface area contributed by atoms with Gasteiger partial charge in [0.15, 0.2) is 0 Å². The number of hydrogen-bond acceptors (Lipinski definition) is 4. The second kappa shape index (κ2) is 8.96. The molecule has 2 amide bonds. The first kappa shape index (κ1) is 22.0. The van der Waals surface area contributed by atoms with Crippen LogP contribution in [0.2, 0.25) is 0 Å². The van der Waals surface area contributed by atoms with Gasteiger partial charge in [-0.05, 0) is 42.2 Å². The van der Waals surface area contributed by atoms with Crippen LogP contribution in [0.15, 0.2) is 48.5 Å². The standard InChI is InChI=1S/C24H29N3O2S/c1-16(23-26-19-8-6-7-9-20(19)30-23)27(5)21(28)14-15-25-22(29)17-10-12-18(13-11-17)24(2,3)4/h6-13,16H,14-15H2,1-5H3,(H,25,29)/t16-/m0/s1. The van der Waals surface area contributed by atoms with Crippen molar-refractivity contribution in [2.24, 2.45) is 0 Å².